The first-order chi connectivity index (χ1) is 14.0. The summed E-state index contributed by atoms with van der Waals surface area (Å²) >= 11 is 0. The monoisotopic (exact) mass is 390 g/mol. The van der Waals surface area contributed by atoms with Gasteiger partial charge in [-0.25, -0.2) is 5.01 Å². The van der Waals surface area contributed by atoms with E-state index in [1.807, 2.05) is 60.7 Å². The van der Waals surface area contributed by atoms with Gasteiger partial charge in [-0.2, -0.15) is 0 Å². The van der Waals surface area contributed by atoms with Crippen LogP contribution in [0.2, 0.25) is 0 Å². The van der Waals surface area contributed by atoms with E-state index in [1.54, 1.807) is 16.0 Å². The lowest BCUT2D eigenvalue weighted by atomic mass is 10.1. The average Bonchev–Trinajstić information content (AvgIpc) is 3.34. The number of furan rings is 1. The summed E-state index contributed by atoms with van der Waals surface area (Å²) in [6.45, 7) is 1.84. The minimum Gasteiger partial charge on any atom is -0.401 e. The number of amidine groups is 1. The highest BCUT2D eigenvalue weighted by molar-refractivity contribution is 6.38. The third kappa shape index (κ3) is 3.60. The van der Waals surface area contributed by atoms with Gasteiger partial charge in [0.1, 0.15) is 4.92 Å². The van der Waals surface area contributed by atoms with Gasteiger partial charge in [0, 0.05) is 13.5 Å². The van der Waals surface area contributed by atoms with Crippen molar-refractivity contribution in [2.24, 2.45) is 5.10 Å². The van der Waals surface area contributed by atoms with Crippen LogP contribution in [0.15, 0.2) is 82.3 Å². The maximum absolute atomic E-state index is 12.4. The molecule has 0 radical (unpaired) electrons. The lowest BCUT2D eigenvalue weighted by Crippen LogP contribution is -2.37. The largest absolute Gasteiger partial charge is 0.433 e. The van der Waals surface area contributed by atoms with Gasteiger partial charge in [0.05, 0.1) is 11.8 Å². The van der Waals surface area contributed by atoms with Crippen molar-refractivity contribution in [1.82, 2.24) is 4.90 Å². The normalized spacial score (nSPS) is 16.0. The van der Waals surface area contributed by atoms with Gasteiger partial charge in [-0.3, -0.25) is 14.9 Å². The van der Waals surface area contributed by atoms with Crippen molar-refractivity contribution in [3.63, 3.8) is 0 Å². The van der Waals surface area contributed by atoms with E-state index >= 15 is 0 Å². The molecule has 1 atom stereocenters. The van der Waals surface area contributed by atoms with Crippen LogP contribution in [-0.4, -0.2) is 21.4 Å². The minimum atomic E-state index is -0.634. The molecule has 0 saturated heterocycles. The quantitative estimate of drug-likeness (QED) is 0.465. The molecule has 0 bridgehead atoms. The Labute approximate surface area is 166 Å². The number of carbonyl (C=O) groups is 1. The van der Waals surface area contributed by atoms with Crippen molar-refractivity contribution in [3.8, 4) is 0 Å². The molecule has 0 aliphatic carbocycles. The number of anilines is 1. The van der Waals surface area contributed by atoms with Crippen LogP contribution in [0.1, 0.15) is 24.4 Å². The summed E-state index contributed by atoms with van der Waals surface area (Å²) < 4.78 is 5.51. The minimum absolute atomic E-state index is 0.203. The Morgan fingerprint density at radius 2 is 1.72 bits per heavy atom. The number of hydrogen-bond donors (Lipinski definition) is 0. The van der Waals surface area contributed by atoms with E-state index in [9.17, 15) is 14.9 Å². The van der Waals surface area contributed by atoms with Gasteiger partial charge in [0.15, 0.2) is 23.5 Å². The lowest BCUT2D eigenvalue weighted by molar-refractivity contribution is -0.402. The Balaban J connectivity index is 1.81. The van der Waals surface area contributed by atoms with Crippen LogP contribution in [0.25, 0.3) is 0 Å². The van der Waals surface area contributed by atoms with E-state index in [2.05, 4.69) is 5.10 Å². The summed E-state index contributed by atoms with van der Waals surface area (Å²) in [6, 6.07) is 21.8. The maximum Gasteiger partial charge on any atom is 0.433 e. The van der Waals surface area contributed by atoms with Crippen LogP contribution in [0.3, 0.4) is 0 Å². The second-order valence-corrected chi connectivity index (χ2v) is 6.58. The van der Waals surface area contributed by atoms with Crippen LogP contribution in [-0.2, 0) is 11.3 Å². The number of nitro groups is 1. The van der Waals surface area contributed by atoms with Crippen molar-refractivity contribution >= 4 is 23.2 Å². The number of benzene rings is 2. The standard InChI is InChI=1S/C21H18N4O4/c1-15(26)20-22-24(17-10-6-3-7-11-17)21(18-12-13-19(29-18)25(27)28)23(20)14-16-8-4-2-5-9-16/h2-13,21H,14H2,1H3/t21-/m0/s1. The fraction of sp³-hybridized carbons (Fsp3) is 0.143. The molecule has 8 nitrogen and oxygen atoms in total. The molecule has 0 fully saturated rings. The Morgan fingerprint density at radius 1 is 1.07 bits per heavy atom. The number of ketones is 1. The summed E-state index contributed by atoms with van der Waals surface area (Å²) in [5.41, 5.74) is 1.72. The molecule has 0 unspecified atom stereocenters. The molecule has 1 aliphatic heterocycles. The third-order valence-electron chi connectivity index (χ3n) is 4.58. The number of rotatable bonds is 6. The topological polar surface area (TPSA) is 92.2 Å². The number of hydrazone groups is 1. The van der Waals surface area contributed by atoms with Crippen molar-refractivity contribution in [2.45, 2.75) is 19.6 Å². The van der Waals surface area contributed by atoms with Gasteiger partial charge >= 0.3 is 5.88 Å². The number of nitrogens with zero attached hydrogens (tertiary/aromatic N) is 4. The molecular formula is C21H18N4O4. The first-order valence-electron chi connectivity index (χ1n) is 9.03. The van der Waals surface area contributed by atoms with E-state index in [0.29, 0.717) is 12.3 Å². The molecule has 1 aliphatic rings. The molecule has 2 heterocycles. The van der Waals surface area contributed by atoms with E-state index in [4.69, 9.17) is 4.42 Å². The van der Waals surface area contributed by atoms with Gasteiger partial charge in [-0.05, 0) is 23.8 Å². The molecule has 0 spiro atoms. The van der Waals surface area contributed by atoms with Crippen LogP contribution in [0, 0.1) is 10.1 Å². The van der Waals surface area contributed by atoms with Crippen LogP contribution >= 0.6 is 0 Å². The Hall–Kier alpha value is -3.94. The van der Waals surface area contributed by atoms with Gasteiger partial charge in [0.25, 0.3) is 0 Å². The SMILES string of the molecule is CC(=O)C1=NN(c2ccccc2)[C@@H](c2ccc([N+](=O)[O-])o2)N1Cc1ccccc1. The molecule has 1 aromatic heterocycles. The fourth-order valence-electron chi connectivity index (χ4n) is 3.31. The van der Waals surface area contributed by atoms with E-state index < -0.39 is 11.1 Å². The number of carbonyl (C=O) groups excluding carboxylic acids is 1. The summed E-state index contributed by atoms with van der Waals surface area (Å²) in [6.07, 6.45) is -0.634. The second-order valence-electron chi connectivity index (χ2n) is 6.58. The van der Waals surface area contributed by atoms with Crippen LogP contribution in [0.4, 0.5) is 11.6 Å². The average molecular weight is 390 g/mol. The van der Waals surface area contributed by atoms with Crippen molar-refractivity contribution in [2.75, 3.05) is 5.01 Å². The van der Waals surface area contributed by atoms with Gasteiger partial charge in [0.2, 0.25) is 0 Å². The molecule has 0 saturated carbocycles. The zero-order valence-corrected chi connectivity index (χ0v) is 15.6. The molecule has 8 heteroatoms. The zero-order chi connectivity index (χ0) is 20.4. The first-order valence-corrected chi connectivity index (χ1v) is 9.03. The lowest BCUT2D eigenvalue weighted by Gasteiger charge is -2.30. The molecule has 0 amide bonds. The van der Waals surface area contributed by atoms with Gasteiger partial charge in [-0.15, -0.1) is 5.10 Å². The van der Waals surface area contributed by atoms with Gasteiger partial charge in [-0.1, -0.05) is 48.5 Å². The molecule has 3 aromatic rings. The smallest absolute Gasteiger partial charge is 0.401 e. The van der Waals surface area contributed by atoms with Crippen molar-refractivity contribution < 1.29 is 14.1 Å². The molecule has 4 rings (SSSR count). The maximum atomic E-state index is 12.4. The van der Waals surface area contributed by atoms with Crippen molar-refractivity contribution in [1.29, 1.82) is 0 Å². The van der Waals surface area contributed by atoms with E-state index in [1.165, 1.54) is 13.0 Å². The summed E-state index contributed by atoms with van der Waals surface area (Å²) in [5.74, 6) is 0.0348. The first kappa shape index (κ1) is 18.4. The number of Topliss-reactive ketones (excluding diaryl/α,β-unsaturated/α-hetero) is 1. The third-order valence-corrected chi connectivity index (χ3v) is 4.58. The highest BCUT2D eigenvalue weighted by Gasteiger charge is 2.40. The van der Waals surface area contributed by atoms with Gasteiger partial charge < -0.3 is 9.32 Å². The predicted octanol–water partition coefficient (Wildman–Crippen LogP) is 4.11. The highest BCUT2D eigenvalue weighted by Crippen LogP contribution is 2.38. The number of hydrogen-bond acceptors (Lipinski definition) is 7. The Kier molecular flexibility index (Phi) is 4.82. The molecule has 29 heavy (non-hydrogen) atoms. The second kappa shape index (κ2) is 7.59. The predicted molar refractivity (Wildman–Crippen MR) is 107 cm³/mol. The molecule has 0 N–H and O–H groups in total. The highest BCUT2D eigenvalue weighted by atomic mass is 16.6. The molecule has 2 aromatic carbocycles. The van der Waals surface area contributed by atoms with E-state index in [0.717, 1.165) is 11.3 Å². The molecule has 146 valence electrons. The summed E-state index contributed by atoms with van der Waals surface area (Å²) in [4.78, 5) is 24.7. The fourth-order valence-corrected chi connectivity index (χ4v) is 3.31. The Bertz CT molecular complexity index is 1060. The van der Waals surface area contributed by atoms with E-state index in [-0.39, 0.29) is 17.5 Å². The Morgan fingerprint density at radius 3 is 2.31 bits per heavy atom. The van der Waals surface area contributed by atoms with Crippen LogP contribution < -0.4 is 5.01 Å². The van der Waals surface area contributed by atoms with Crippen molar-refractivity contribution in [3.05, 3.63) is 94.2 Å². The number of para-hydroxylation sites is 1. The summed E-state index contributed by atoms with van der Waals surface area (Å²) in [7, 11) is 0. The summed E-state index contributed by atoms with van der Waals surface area (Å²) in [5, 5.41) is 17.3. The van der Waals surface area contributed by atoms with Crippen LogP contribution in [0.5, 0.6) is 0 Å². The molecular weight excluding hydrogens is 372 g/mol. The zero-order valence-electron chi connectivity index (χ0n) is 15.6.